The van der Waals surface area contributed by atoms with Gasteiger partial charge in [-0.3, -0.25) is 4.79 Å². The van der Waals surface area contributed by atoms with Crippen molar-refractivity contribution >= 4 is 18.0 Å². The Balaban J connectivity index is 1.87. The van der Waals surface area contributed by atoms with Crippen LogP contribution in [0.1, 0.15) is 59.4 Å². The molecule has 0 spiro atoms. The van der Waals surface area contributed by atoms with Crippen molar-refractivity contribution in [2.75, 3.05) is 0 Å². The Morgan fingerprint density at radius 3 is 2.39 bits per heavy atom. The minimum absolute atomic E-state index is 0.0501. The monoisotopic (exact) mass is 460 g/mol. The zero-order valence-corrected chi connectivity index (χ0v) is 20.1. The van der Waals surface area contributed by atoms with E-state index < -0.39 is 47.6 Å². The fraction of sp³-hybridized carbons (Fsp3) is 0.615. The summed E-state index contributed by atoms with van der Waals surface area (Å²) < 4.78 is 17.6. The van der Waals surface area contributed by atoms with Crippen molar-refractivity contribution in [3.8, 4) is 0 Å². The second-order valence-electron chi connectivity index (χ2n) is 10.1. The molecule has 7 heteroatoms. The van der Waals surface area contributed by atoms with Crippen molar-refractivity contribution in [1.82, 2.24) is 0 Å². The molecule has 0 radical (unpaired) electrons. The molecular weight excluding hydrogens is 424 g/mol. The number of esters is 2. The molecule has 0 unspecified atom stereocenters. The van der Waals surface area contributed by atoms with E-state index in [1.807, 2.05) is 44.2 Å². The van der Waals surface area contributed by atoms with E-state index in [2.05, 4.69) is 0 Å². The molecule has 2 saturated heterocycles. The van der Waals surface area contributed by atoms with Crippen LogP contribution in [0, 0.1) is 11.8 Å². The third kappa shape index (κ3) is 6.02. The van der Waals surface area contributed by atoms with E-state index in [4.69, 9.17) is 14.2 Å². The molecule has 1 aromatic carbocycles. The van der Waals surface area contributed by atoms with Gasteiger partial charge >= 0.3 is 11.9 Å². The first-order chi connectivity index (χ1) is 15.4. The van der Waals surface area contributed by atoms with E-state index in [1.54, 1.807) is 19.9 Å². The highest BCUT2D eigenvalue weighted by Gasteiger charge is 2.57. The molecule has 0 amide bonds. The topological polar surface area (TPSA) is 102 Å². The van der Waals surface area contributed by atoms with Gasteiger partial charge in [0.15, 0.2) is 0 Å². The summed E-state index contributed by atoms with van der Waals surface area (Å²) in [6, 6.07) is 9.44. The maximum absolute atomic E-state index is 12.7. The van der Waals surface area contributed by atoms with E-state index in [0.29, 0.717) is 0 Å². The molecule has 0 aromatic heterocycles. The molecule has 1 aromatic rings. The predicted octanol–water partition coefficient (Wildman–Crippen LogP) is 3.27. The van der Waals surface area contributed by atoms with Gasteiger partial charge < -0.3 is 24.4 Å². The lowest BCUT2D eigenvalue weighted by atomic mass is 9.75. The van der Waals surface area contributed by atoms with Crippen LogP contribution in [0.25, 0.3) is 6.08 Å². The van der Waals surface area contributed by atoms with Crippen LogP contribution >= 0.6 is 0 Å². The Morgan fingerprint density at radius 1 is 1.12 bits per heavy atom. The normalized spacial score (nSPS) is 36.8. The molecule has 3 rings (SSSR count). The minimum atomic E-state index is -1.36. The Morgan fingerprint density at radius 2 is 1.79 bits per heavy atom. The molecular formula is C26H36O7. The third-order valence-corrected chi connectivity index (χ3v) is 6.80. The summed E-state index contributed by atoms with van der Waals surface area (Å²) in [7, 11) is 0. The first-order valence-corrected chi connectivity index (χ1v) is 11.6. The zero-order chi connectivity index (χ0) is 24.4. The highest BCUT2D eigenvalue weighted by atomic mass is 16.6. The second kappa shape index (κ2) is 9.95. The van der Waals surface area contributed by atoms with Gasteiger partial charge in [-0.1, -0.05) is 44.2 Å². The number of ether oxygens (including phenoxy) is 3. The molecule has 0 saturated carbocycles. The maximum atomic E-state index is 12.7. The highest BCUT2D eigenvalue weighted by Crippen LogP contribution is 2.45. The summed E-state index contributed by atoms with van der Waals surface area (Å²) in [5, 5.41) is 22.6. The molecule has 2 aliphatic rings. The Bertz CT molecular complexity index is 859. The largest absolute Gasteiger partial charge is 0.460 e. The summed E-state index contributed by atoms with van der Waals surface area (Å²) >= 11 is 0. The van der Waals surface area contributed by atoms with Gasteiger partial charge in [-0.2, -0.15) is 0 Å². The van der Waals surface area contributed by atoms with E-state index in [1.165, 1.54) is 13.0 Å². The molecule has 7 atom stereocenters. The number of benzene rings is 1. The second-order valence-corrected chi connectivity index (χ2v) is 10.1. The molecule has 7 nitrogen and oxygen atoms in total. The van der Waals surface area contributed by atoms with Crippen molar-refractivity contribution in [1.29, 1.82) is 0 Å². The van der Waals surface area contributed by atoms with Gasteiger partial charge in [0.1, 0.15) is 23.9 Å². The van der Waals surface area contributed by atoms with Crippen molar-refractivity contribution < 1.29 is 34.0 Å². The van der Waals surface area contributed by atoms with Gasteiger partial charge in [0.05, 0.1) is 11.7 Å². The molecule has 182 valence electrons. The summed E-state index contributed by atoms with van der Waals surface area (Å²) in [5.41, 5.74) is -1.84. The lowest BCUT2D eigenvalue weighted by Gasteiger charge is -2.38. The fourth-order valence-electron chi connectivity index (χ4n) is 5.11. The van der Waals surface area contributed by atoms with Crippen LogP contribution in [0.2, 0.25) is 0 Å². The zero-order valence-electron chi connectivity index (χ0n) is 20.1. The molecule has 2 N–H and O–H groups in total. The van der Waals surface area contributed by atoms with Crippen LogP contribution < -0.4 is 0 Å². The van der Waals surface area contributed by atoms with Crippen LogP contribution in [0.4, 0.5) is 0 Å². The molecule has 2 fully saturated rings. The standard InChI is InChI=1S/C26H36O7/c1-16(2)22-19-15-26(5,30)20(31-17(3)27)13-14-25(4,29)24(32-19)23(22)33-21(28)12-11-18-9-7-6-8-10-18/h6-12,16,19-20,22-24,29-30H,13-15H2,1-5H3/t19-,20+,22+,23-,24+,25-,26-/m1/s1. The number of aliphatic hydroxyl groups is 2. The number of rotatable bonds is 5. The molecule has 2 heterocycles. The van der Waals surface area contributed by atoms with Crippen molar-refractivity contribution in [2.24, 2.45) is 11.8 Å². The van der Waals surface area contributed by atoms with Gasteiger partial charge in [0, 0.05) is 25.3 Å². The van der Waals surface area contributed by atoms with E-state index in [-0.39, 0.29) is 31.1 Å². The number of carbonyl (C=O) groups excluding carboxylic acids is 2. The van der Waals surface area contributed by atoms with Gasteiger partial charge in [-0.25, -0.2) is 4.79 Å². The van der Waals surface area contributed by atoms with Crippen LogP contribution in [0.5, 0.6) is 0 Å². The molecule has 0 aliphatic carbocycles. The van der Waals surface area contributed by atoms with Crippen LogP contribution in [-0.2, 0) is 23.8 Å². The predicted molar refractivity (Wildman–Crippen MR) is 123 cm³/mol. The average molecular weight is 461 g/mol. The number of fused-ring (bicyclic) bond motifs is 2. The van der Waals surface area contributed by atoms with Crippen LogP contribution in [-0.4, -0.2) is 57.8 Å². The first kappa shape index (κ1) is 25.4. The molecule has 2 aliphatic heterocycles. The average Bonchev–Trinajstić information content (AvgIpc) is 3.08. The smallest absolute Gasteiger partial charge is 0.331 e. The lowest BCUT2D eigenvalue weighted by Crippen LogP contribution is -2.51. The molecule has 33 heavy (non-hydrogen) atoms. The van der Waals surface area contributed by atoms with Gasteiger partial charge in [0.2, 0.25) is 0 Å². The Labute approximate surface area is 195 Å². The van der Waals surface area contributed by atoms with Crippen molar-refractivity contribution in [3.05, 3.63) is 42.0 Å². The minimum Gasteiger partial charge on any atom is -0.460 e. The summed E-state index contributed by atoms with van der Waals surface area (Å²) in [6.45, 7) is 8.58. The fourth-order valence-corrected chi connectivity index (χ4v) is 5.11. The van der Waals surface area contributed by atoms with Crippen molar-refractivity contribution in [2.45, 2.75) is 89.5 Å². The summed E-state index contributed by atoms with van der Waals surface area (Å²) in [5.74, 6) is -1.20. The van der Waals surface area contributed by atoms with Gasteiger partial charge in [0.25, 0.3) is 0 Å². The number of carbonyl (C=O) groups is 2. The first-order valence-electron chi connectivity index (χ1n) is 11.6. The van der Waals surface area contributed by atoms with E-state index >= 15 is 0 Å². The Hall–Kier alpha value is -2.22. The lowest BCUT2D eigenvalue weighted by molar-refractivity contribution is -0.167. The SMILES string of the molecule is CC(=O)O[C@H]1CC[C@@](C)(O)[C@H]2O[C@H](C[C@@]1(C)O)[C@H](C(C)C)[C@H]2OC(=O)C=Cc1ccccc1. The Kier molecular flexibility index (Phi) is 7.66. The maximum Gasteiger partial charge on any atom is 0.331 e. The number of hydrogen-bond donors (Lipinski definition) is 2. The van der Waals surface area contributed by atoms with E-state index in [0.717, 1.165) is 5.56 Å². The third-order valence-electron chi connectivity index (χ3n) is 6.80. The number of hydrogen-bond acceptors (Lipinski definition) is 7. The van der Waals surface area contributed by atoms with Crippen molar-refractivity contribution in [3.63, 3.8) is 0 Å². The highest BCUT2D eigenvalue weighted by molar-refractivity contribution is 5.87. The van der Waals surface area contributed by atoms with Crippen LogP contribution in [0.3, 0.4) is 0 Å². The summed E-state index contributed by atoms with van der Waals surface area (Å²) in [4.78, 5) is 24.4. The van der Waals surface area contributed by atoms with Gasteiger partial charge in [-0.15, -0.1) is 0 Å². The summed E-state index contributed by atoms with van der Waals surface area (Å²) in [6.07, 6.45) is 1.01. The van der Waals surface area contributed by atoms with Gasteiger partial charge in [-0.05, 0) is 44.2 Å². The quantitative estimate of drug-likeness (QED) is 0.514. The van der Waals surface area contributed by atoms with Crippen LogP contribution in [0.15, 0.2) is 36.4 Å². The molecule has 2 bridgehead atoms. The van der Waals surface area contributed by atoms with E-state index in [9.17, 15) is 19.8 Å².